The zero-order valence-corrected chi connectivity index (χ0v) is 19.6. The van der Waals surface area contributed by atoms with Crippen molar-refractivity contribution in [3.05, 3.63) is 62.4 Å². The van der Waals surface area contributed by atoms with Crippen molar-refractivity contribution in [1.82, 2.24) is 15.2 Å². The minimum absolute atomic E-state index is 0.0240. The second-order valence-corrected chi connectivity index (χ2v) is 8.67. The number of aromatic amines is 1. The number of thioether (sulfide) groups is 1. The summed E-state index contributed by atoms with van der Waals surface area (Å²) in [5.41, 5.74) is 3.84. The Balaban J connectivity index is 1.76. The van der Waals surface area contributed by atoms with Gasteiger partial charge in [0, 0.05) is 23.2 Å². The molecular formula is C22H22ClN5O3S. The monoisotopic (exact) mass is 471 g/mol. The van der Waals surface area contributed by atoms with Gasteiger partial charge in [-0.3, -0.25) is 19.4 Å². The van der Waals surface area contributed by atoms with E-state index in [4.69, 9.17) is 11.6 Å². The van der Waals surface area contributed by atoms with Crippen LogP contribution in [0, 0.1) is 20.8 Å². The molecule has 3 rings (SSSR count). The molecule has 0 aliphatic rings. The quantitative estimate of drug-likeness (QED) is 0.466. The fraction of sp³-hybridized carbons (Fsp3) is 0.227. The number of aromatic nitrogens is 3. The number of hydrogen-bond acceptors (Lipinski definition) is 6. The highest BCUT2D eigenvalue weighted by atomic mass is 35.5. The average molecular weight is 472 g/mol. The maximum Gasteiger partial charge on any atom is 0.278 e. The summed E-state index contributed by atoms with van der Waals surface area (Å²) in [6.45, 7) is 7.00. The number of nitrogens with one attached hydrogen (secondary N) is 3. The molecule has 3 N–H and O–H groups in total. The second kappa shape index (κ2) is 9.97. The zero-order valence-electron chi connectivity index (χ0n) is 18.0. The standard InChI is InChI=1S/C22H22ClN5O3S/c1-11-7-13(3)19(24-14(4)29)16(8-11)20-21(31)26-22(28-27-20)32-10-18(30)25-15-6-5-12(2)17(23)9-15/h5-9H,10H2,1-4H3,(H,24,29)(H,25,30)(H,26,28,31). The van der Waals surface area contributed by atoms with E-state index in [1.54, 1.807) is 18.2 Å². The van der Waals surface area contributed by atoms with Gasteiger partial charge in [0.15, 0.2) is 10.9 Å². The van der Waals surface area contributed by atoms with E-state index in [9.17, 15) is 14.4 Å². The Bertz CT molecular complexity index is 1260. The van der Waals surface area contributed by atoms with Crippen molar-refractivity contribution in [3.8, 4) is 11.3 Å². The topological polar surface area (TPSA) is 117 Å². The highest BCUT2D eigenvalue weighted by molar-refractivity contribution is 7.99. The molecule has 1 heterocycles. The Hall–Kier alpha value is -3.17. The number of benzene rings is 2. The highest BCUT2D eigenvalue weighted by Gasteiger charge is 2.16. The molecule has 8 nitrogen and oxygen atoms in total. The molecule has 0 radical (unpaired) electrons. The van der Waals surface area contributed by atoms with Crippen LogP contribution in [0.15, 0.2) is 40.3 Å². The van der Waals surface area contributed by atoms with Crippen LogP contribution in [-0.2, 0) is 9.59 Å². The lowest BCUT2D eigenvalue weighted by Crippen LogP contribution is -2.18. The largest absolute Gasteiger partial charge is 0.325 e. The zero-order chi connectivity index (χ0) is 23.4. The van der Waals surface area contributed by atoms with Crippen LogP contribution in [0.3, 0.4) is 0 Å². The number of aryl methyl sites for hydroxylation is 3. The van der Waals surface area contributed by atoms with Crippen molar-refractivity contribution in [2.45, 2.75) is 32.9 Å². The summed E-state index contributed by atoms with van der Waals surface area (Å²) in [5.74, 6) is -0.504. The smallest absolute Gasteiger partial charge is 0.278 e. The molecule has 1 aromatic heterocycles. The third-order valence-corrected chi connectivity index (χ3v) is 5.78. The van der Waals surface area contributed by atoms with Crippen molar-refractivity contribution in [2.75, 3.05) is 16.4 Å². The summed E-state index contributed by atoms with van der Waals surface area (Å²) in [7, 11) is 0. The van der Waals surface area contributed by atoms with Crippen LogP contribution in [0.4, 0.5) is 11.4 Å². The minimum atomic E-state index is -0.468. The summed E-state index contributed by atoms with van der Waals surface area (Å²) in [4.78, 5) is 39.2. The molecule has 32 heavy (non-hydrogen) atoms. The Morgan fingerprint density at radius 3 is 2.47 bits per heavy atom. The van der Waals surface area contributed by atoms with Crippen molar-refractivity contribution in [3.63, 3.8) is 0 Å². The molecule has 0 fully saturated rings. The molecule has 166 valence electrons. The van der Waals surface area contributed by atoms with Crippen molar-refractivity contribution in [2.24, 2.45) is 0 Å². The third-order valence-electron chi connectivity index (χ3n) is 4.51. The van der Waals surface area contributed by atoms with Gasteiger partial charge >= 0.3 is 0 Å². The molecule has 10 heteroatoms. The molecular weight excluding hydrogens is 450 g/mol. The van der Waals surface area contributed by atoms with E-state index < -0.39 is 5.56 Å². The average Bonchev–Trinajstić information content (AvgIpc) is 2.71. The molecule has 0 aliphatic carbocycles. The Morgan fingerprint density at radius 2 is 1.81 bits per heavy atom. The van der Waals surface area contributed by atoms with Gasteiger partial charge in [-0.05, 0) is 50.1 Å². The lowest BCUT2D eigenvalue weighted by Gasteiger charge is -2.13. The van der Waals surface area contributed by atoms with Gasteiger partial charge in [-0.15, -0.1) is 10.2 Å². The predicted octanol–water partition coefficient (Wildman–Crippen LogP) is 4.10. The van der Waals surface area contributed by atoms with Gasteiger partial charge < -0.3 is 10.6 Å². The van der Waals surface area contributed by atoms with Crippen LogP contribution in [0.25, 0.3) is 11.3 Å². The number of hydrogen-bond donors (Lipinski definition) is 3. The van der Waals surface area contributed by atoms with Gasteiger partial charge in [-0.2, -0.15) is 0 Å². The first-order chi connectivity index (χ1) is 15.1. The molecule has 0 aliphatic heterocycles. The SMILES string of the molecule is CC(=O)Nc1c(C)cc(C)cc1-c1nnc(SCC(=O)Nc2ccc(C)c(Cl)c2)[nH]c1=O. The number of halogens is 1. The number of rotatable bonds is 6. The van der Waals surface area contributed by atoms with E-state index in [0.29, 0.717) is 22.0 Å². The summed E-state index contributed by atoms with van der Waals surface area (Å²) >= 11 is 7.12. The van der Waals surface area contributed by atoms with E-state index >= 15 is 0 Å². The van der Waals surface area contributed by atoms with Gasteiger partial charge in [-0.1, -0.05) is 41.1 Å². The normalized spacial score (nSPS) is 10.7. The molecule has 0 saturated heterocycles. The fourth-order valence-corrected chi connectivity index (χ4v) is 3.85. The van der Waals surface area contributed by atoms with Crippen LogP contribution < -0.4 is 16.2 Å². The number of H-pyrrole nitrogens is 1. The first kappa shape index (κ1) is 23.5. The summed E-state index contributed by atoms with van der Waals surface area (Å²) < 4.78 is 0. The van der Waals surface area contributed by atoms with Crippen molar-refractivity contribution in [1.29, 1.82) is 0 Å². The van der Waals surface area contributed by atoms with E-state index in [1.165, 1.54) is 6.92 Å². The lowest BCUT2D eigenvalue weighted by molar-refractivity contribution is -0.114. The number of carbonyl (C=O) groups is 2. The molecule has 0 bridgehead atoms. The molecule has 3 aromatic rings. The maximum absolute atomic E-state index is 12.7. The maximum atomic E-state index is 12.7. The number of carbonyl (C=O) groups excluding carboxylic acids is 2. The second-order valence-electron chi connectivity index (χ2n) is 7.29. The van der Waals surface area contributed by atoms with Crippen molar-refractivity contribution < 1.29 is 9.59 Å². The molecule has 0 unspecified atom stereocenters. The van der Waals surface area contributed by atoms with Crippen LogP contribution in [0.1, 0.15) is 23.6 Å². The molecule has 2 aromatic carbocycles. The first-order valence-corrected chi connectivity index (χ1v) is 11.1. The van der Waals surface area contributed by atoms with Crippen LogP contribution in [-0.4, -0.2) is 32.7 Å². The van der Waals surface area contributed by atoms with Gasteiger partial charge in [0.1, 0.15) is 0 Å². The van der Waals surface area contributed by atoms with Gasteiger partial charge in [0.25, 0.3) is 5.56 Å². The molecule has 0 spiro atoms. The fourth-order valence-electron chi connectivity index (χ4n) is 3.06. The number of nitrogens with zero attached hydrogens (tertiary/aromatic N) is 2. The summed E-state index contributed by atoms with van der Waals surface area (Å²) in [6, 6.07) is 8.92. The van der Waals surface area contributed by atoms with E-state index in [-0.39, 0.29) is 28.4 Å². The summed E-state index contributed by atoms with van der Waals surface area (Å²) in [5, 5.41) is 14.4. The van der Waals surface area contributed by atoms with E-state index in [2.05, 4.69) is 25.8 Å². The Kier molecular flexibility index (Phi) is 7.32. The Morgan fingerprint density at radius 1 is 1.06 bits per heavy atom. The van der Waals surface area contributed by atoms with Gasteiger partial charge in [0.2, 0.25) is 11.8 Å². The molecule has 2 amide bonds. The van der Waals surface area contributed by atoms with Crippen LogP contribution in [0.5, 0.6) is 0 Å². The van der Waals surface area contributed by atoms with Crippen molar-refractivity contribution >= 4 is 46.6 Å². The predicted molar refractivity (Wildman–Crippen MR) is 127 cm³/mol. The van der Waals surface area contributed by atoms with Gasteiger partial charge in [0.05, 0.1) is 11.4 Å². The highest BCUT2D eigenvalue weighted by Crippen LogP contribution is 2.29. The third kappa shape index (κ3) is 5.74. The van der Waals surface area contributed by atoms with Crippen LogP contribution in [0.2, 0.25) is 5.02 Å². The van der Waals surface area contributed by atoms with E-state index in [0.717, 1.165) is 28.5 Å². The Labute approximate surface area is 194 Å². The minimum Gasteiger partial charge on any atom is -0.325 e. The van der Waals surface area contributed by atoms with E-state index in [1.807, 2.05) is 32.9 Å². The lowest BCUT2D eigenvalue weighted by atomic mass is 10.0. The molecule has 0 atom stereocenters. The summed E-state index contributed by atoms with van der Waals surface area (Å²) in [6.07, 6.45) is 0. The first-order valence-electron chi connectivity index (χ1n) is 9.69. The van der Waals surface area contributed by atoms with Crippen LogP contribution >= 0.6 is 23.4 Å². The molecule has 0 saturated carbocycles. The van der Waals surface area contributed by atoms with Gasteiger partial charge in [-0.25, -0.2) is 0 Å². The number of amides is 2. The number of anilines is 2.